The number of fused-ring (bicyclic) bond motifs is 1. The van der Waals surface area contributed by atoms with Gasteiger partial charge in [-0.2, -0.15) is 0 Å². The number of nitrogen functional groups attached to an aromatic ring is 1. The summed E-state index contributed by atoms with van der Waals surface area (Å²) in [6.45, 7) is 4.16. The van der Waals surface area contributed by atoms with Crippen molar-refractivity contribution in [2.45, 2.75) is 19.9 Å². The van der Waals surface area contributed by atoms with E-state index in [0.29, 0.717) is 12.0 Å². The van der Waals surface area contributed by atoms with E-state index in [1.54, 1.807) is 7.11 Å². The number of ether oxygens (including phenoxy) is 1. The van der Waals surface area contributed by atoms with E-state index in [1.165, 1.54) is 0 Å². The van der Waals surface area contributed by atoms with Crippen molar-refractivity contribution in [1.82, 2.24) is 9.55 Å². The first-order valence-corrected chi connectivity index (χ1v) is 4.95. The number of aromatic nitrogens is 2. The molecule has 2 rings (SSSR count). The second kappa shape index (κ2) is 3.46. The Kier molecular flexibility index (Phi) is 2.26. The molecule has 1 heterocycles. The Balaban J connectivity index is 2.78. The fourth-order valence-corrected chi connectivity index (χ4v) is 1.82. The molecule has 0 unspecified atom stereocenters. The lowest BCUT2D eigenvalue weighted by atomic mass is 10.2. The Hall–Kier alpha value is -1.71. The summed E-state index contributed by atoms with van der Waals surface area (Å²) < 4.78 is 7.24. The fourth-order valence-electron chi connectivity index (χ4n) is 1.82. The molecular formula is C11H15N3O. The van der Waals surface area contributed by atoms with Crippen LogP contribution in [0.3, 0.4) is 0 Å². The fraction of sp³-hybridized carbons (Fsp3) is 0.364. The lowest BCUT2D eigenvalue weighted by Gasteiger charge is -2.10. The van der Waals surface area contributed by atoms with Gasteiger partial charge in [0.05, 0.1) is 12.6 Å². The van der Waals surface area contributed by atoms with Crippen LogP contribution >= 0.6 is 0 Å². The van der Waals surface area contributed by atoms with E-state index in [9.17, 15) is 0 Å². The summed E-state index contributed by atoms with van der Waals surface area (Å²) in [5.41, 5.74) is 7.71. The molecule has 0 atom stereocenters. The van der Waals surface area contributed by atoms with Gasteiger partial charge in [-0.1, -0.05) is 6.07 Å². The quantitative estimate of drug-likeness (QED) is 0.817. The van der Waals surface area contributed by atoms with Crippen molar-refractivity contribution in [1.29, 1.82) is 0 Å². The van der Waals surface area contributed by atoms with Crippen molar-refractivity contribution in [3.63, 3.8) is 0 Å². The van der Waals surface area contributed by atoms with Crippen molar-refractivity contribution < 1.29 is 4.74 Å². The largest absolute Gasteiger partial charge is 0.494 e. The summed E-state index contributed by atoms with van der Waals surface area (Å²) in [7, 11) is 1.64. The van der Waals surface area contributed by atoms with Crippen LogP contribution in [0.5, 0.6) is 5.75 Å². The van der Waals surface area contributed by atoms with Gasteiger partial charge in [0.2, 0.25) is 5.95 Å². The molecule has 15 heavy (non-hydrogen) atoms. The number of rotatable bonds is 2. The molecule has 0 saturated carbocycles. The third-order valence-electron chi connectivity index (χ3n) is 2.45. The lowest BCUT2D eigenvalue weighted by Crippen LogP contribution is -2.05. The standard InChI is InChI=1S/C11H15N3O/c1-7(2)14-8-5-4-6-9(15-3)10(8)13-11(14)12/h4-7H,1-3H3,(H2,12,13). The Morgan fingerprint density at radius 2 is 2.13 bits per heavy atom. The third-order valence-corrected chi connectivity index (χ3v) is 2.45. The molecule has 1 aromatic carbocycles. The molecule has 80 valence electrons. The Morgan fingerprint density at radius 1 is 1.40 bits per heavy atom. The number of methoxy groups -OCH3 is 1. The highest BCUT2D eigenvalue weighted by molar-refractivity contribution is 5.84. The Bertz CT molecular complexity index is 488. The molecular weight excluding hydrogens is 190 g/mol. The number of imidazole rings is 1. The molecule has 0 spiro atoms. The van der Waals surface area contributed by atoms with Gasteiger partial charge in [0.25, 0.3) is 0 Å². The molecule has 0 aliphatic rings. The first kappa shape index (κ1) is 9.83. The van der Waals surface area contributed by atoms with Crippen molar-refractivity contribution in [2.24, 2.45) is 0 Å². The molecule has 0 saturated heterocycles. The van der Waals surface area contributed by atoms with Crippen LogP contribution in [-0.2, 0) is 0 Å². The smallest absolute Gasteiger partial charge is 0.201 e. The maximum absolute atomic E-state index is 5.87. The van der Waals surface area contributed by atoms with E-state index in [2.05, 4.69) is 18.8 Å². The number of nitrogens with two attached hydrogens (primary N) is 1. The highest BCUT2D eigenvalue weighted by Crippen LogP contribution is 2.28. The summed E-state index contributed by atoms with van der Waals surface area (Å²) in [4.78, 5) is 4.32. The first-order chi connectivity index (χ1) is 7.15. The van der Waals surface area contributed by atoms with E-state index in [4.69, 9.17) is 10.5 Å². The van der Waals surface area contributed by atoms with E-state index >= 15 is 0 Å². The monoisotopic (exact) mass is 205 g/mol. The summed E-state index contributed by atoms with van der Waals surface area (Å²) >= 11 is 0. The van der Waals surface area contributed by atoms with Gasteiger partial charge in [-0.3, -0.25) is 0 Å². The highest BCUT2D eigenvalue weighted by Gasteiger charge is 2.13. The van der Waals surface area contributed by atoms with Crippen LogP contribution in [0.4, 0.5) is 5.95 Å². The topological polar surface area (TPSA) is 53.1 Å². The zero-order chi connectivity index (χ0) is 11.0. The van der Waals surface area contributed by atoms with Crippen LogP contribution in [0.15, 0.2) is 18.2 Å². The van der Waals surface area contributed by atoms with Gasteiger partial charge in [0.1, 0.15) is 11.3 Å². The molecule has 0 fully saturated rings. The molecule has 0 radical (unpaired) electrons. The second-order valence-electron chi connectivity index (χ2n) is 3.76. The number of anilines is 1. The number of hydrogen-bond acceptors (Lipinski definition) is 3. The predicted octanol–water partition coefficient (Wildman–Crippen LogP) is 2.21. The highest BCUT2D eigenvalue weighted by atomic mass is 16.5. The van der Waals surface area contributed by atoms with Crippen LogP contribution in [0.1, 0.15) is 19.9 Å². The normalized spacial score (nSPS) is 11.2. The zero-order valence-corrected chi connectivity index (χ0v) is 9.19. The molecule has 0 aliphatic carbocycles. The molecule has 0 aliphatic heterocycles. The van der Waals surface area contributed by atoms with Crippen molar-refractivity contribution in [2.75, 3.05) is 12.8 Å². The number of para-hydroxylation sites is 1. The van der Waals surface area contributed by atoms with Crippen molar-refractivity contribution >= 4 is 17.0 Å². The maximum atomic E-state index is 5.87. The zero-order valence-electron chi connectivity index (χ0n) is 9.19. The molecule has 0 amide bonds. The van der Waals surface area contributed by atoms with Crippen LogP contribution in [0.2, 0.25) is 0 Å². The molecule has 4 nitrogen and oxygen atoms in total. The number of hydrogen-bond donors (Lipinski definition) is 1. The van der Waals surface area contributed by atoms with Gasteiger partial charge in [0.15, 0.2) is 0 Å². The summed E-state index contributed by atoms with van der Waals surface area (Å²) in [6.07, 6.45) is 0. The first-order valence-electron chi connectivity index (χ1n) is 4.95. The van der Waals surface area contributed by atoms with Crippen LogP contribution in [0.25, 0.3) is 11.0 Å². The van der Waals surface area contributed by atoms with Crippen LogP contribution in [0, 0.1) is 0 Å². The molecule has 0 bridgehead atoms. The average Bonchev–Trinajstić information content (AvgIpc) is 2.53. The minimum absolute atomic E-state index is 0.294. The molecule has 2 aromatic rings. The van der Waals surface area contributed by atoms with Gasteiger partial charge < -0.3 is 15.0 Å². The van der Waals surface area contributed by atoms with Crippen molar-refractivity contribution in [3.8, 4) is 5.75 Å². The van der Waals surface area contributed by atoms with Gasteiger partial charge in [-0.15, -0.1) is 0 Å². The SMILES string of the molecule is COc1cccc2c1nc(N)n2C(C)C. The van der Waals surface area contributed by atoms with Crippen molar-refractivity contribution in [3.05, 3.63) is 18.2 Å². The van der Waals surface area contributed by atoms with Gasteiger partial charge in [0, 0.05) is 6.04 Å². The van der Waals surface area contributed by atoms with Crippen LogP contribution < -0.4 is 10.5 Å². The predicted molar refractivity (Wildman–Crippen MR) is 61.1 cm³/mol. The molecule has 1 aromatic heterocycles. The van der Waals surface area contributed by atoms with Crippen LogP contribution in [-0.4, -0.2) is 16.7 Å². The van der Waals surface area contributed by atoms with Gasteiger partial charge in [-0.25, -0.2) is 4.98 Å². The number of nitrogens with zero attached hydrogens (tertiary/aromatic N) is 2. The minimum Gasteiger partial charge on any atom is -0.494 e. The van der Waals surface area contributed by atoms with Gasteiger partial charge in [-0.05, 0) is 26.0 Å². The maximum Gasteiger partial charge on any atom is 0.201 e. The molecule has 2 N–H and O–H groups in total. The number of benzene rings is 1. The van der Waals surface area contributed by atoms with E-state index in [1.807, 2.05) is 22.8 Å². The minimum atomic E-state index is 0.294. The third kappa shape index (κ3) is 1.42. The lowest BCUT2D eigenvalue weighted by molar-refractivity contribution is 0.419. The summed E-state index contributed by atoms with van der Waals surface area (Å²) in [5.74, 6) is 1.29. The van der Waals surface area contributed by atoms with E-state index < -0.39 is 0 Å². The summed E-state index contributed by atoms with van der Waals surface area (Å²) in [5, 5.41) is 0. The Labute approximate surface area is 88.7 Å². The summed E-state index contributed by atoms with van der Waals surface area (Å²) in [6, 6.07) is 6.13. The van der Waals surface area contributed by atoms with E-state index in [-0.39, 0.29) is 0 Å². The molecule has 4 heteroatoms. The Morgan fingerprint density at radius 3 is 2.73 bits per heavy atom. The van der Waals surface area contributed by atoms with E-state index in [0.717, 1.165) is 16.8 Å². The van der Waals surface area contributed by atoms with Gasteiger partial charge >= 0.3 is 0 Å². The second-order valence-corrected chi connectivity index (χ2v) is 3.76. The average molecular weight is 205 g/mol.